The minimum absolute atomic E-state index is 0.393. The molecule has 1 unspecified atom stereocenters. The number of carbonyl (C=O) groups is 1. The molecule has 2 aromatic carbocycles. The van der Waals surface area contributed by atoms with Gasteiger partial charge in [-0.25, -0.2) is 4.79 Å². The van der Waals surface area contributed by atoms with E-state index in [2.05, 4.69) is 0 Å². The van der Waals surface area contributed by atoms with Gasteiger partial charge in [-0.05, 0) is 18.2 Å². The smallest absolute Gasteiger partial charge is 0.343 e. The molecule has 0 amide bonds. The SMILES string of the molecule is COc1ccc(C2OC(=O)c3c(OC)cccc32)c(OC)c1. The fourth-order valence-electron chi connectivity index (χ4n) is 2.65. The molecule has 5 nitrogen and oxygen atoms in total. The molecule has 5 heteroatoms. The van der Waals surface area contributed by atoms with Crippen molar-refractivity contribution in [2.75, 3.05) is 21.3 Å². The van der Waals surface area contributed by atoms with E-state index in [9.17, 15) is 4.79 Å². The van der Waals surface area contributed by atoms with Gasteiger partial charge in [0.25, 0.3) is 0 Å². The number of ether oxygens (including phenoxy) is 4. The van der Waals surface area contributed by atoms with E-state index in [1.165, 1.54) is 7.11 Å². The van der Waals surface area contributed by atoms with Gasteiger partial charge in [0.15, 0.2) is 6.10 Å². The van der Waals surface area contributed by atoms with Crippen LogP contribution in [0.25, 0.3) is 0 Å². The van der Waals surface area contributed by atoms with Crippen LogP contribution in [0.4, 0.5) is 0 Å². The fourth-order valence-corrected chi connectivity index (χ4v) is 2.65. The predicted octanol–water partition coefficient (Wildman–Crippen LogP) is 2.97. The molecule has 2 aromatic rings. The molecule has 3 rings (SSSR count). The Kier molecular flexibility index (Phi) is 3.63. The van der Waals surface area contributed by atoms with Gasteiger partial charge in [-0.3, -0.25) is 0 Å². The van der Waals surface area contributed by atoms with Crippen molar-refractivity contribution in [3.05, 3.63) is 53.1 Å². The van der Waals surface area contributed by atoms with Crippen LogP contribution < -0.4 is 14.2 Å². The minimum Gasteiger partial charge on any atom is -0.497 e. The molecule has 0 saturated carbocycles. The summed E-state index contributed by atoms with van der Waals surface area (Å²) in [5.41, 5.74) is 2.00. The van der Waals surface area contributed by atoms with Gasteiger partial charge in [-0.15, -0.1) is 0 Å². The Morgan fingerprint density at radius 1 is 0.909 bits per heavy atom. The highest BCUT2D eigenvalue weighted by Crippen LogP contribution is 2.43. The maximum absolute atomic E-state index is 12.2. The van der Waals surface area contributed by atoms with Crippen molar-refractivity contribution in [2.24, 2.45) is 0 Å². The van der Waals surface area contributed by atoms with E-state index in [1.807, 2.05) is 24.3 Å². The Morgan fingerprint density at radius 3 is 2.36 bits per heavy atom. The molecule has 0 aromatic heterocycles. The lowest BCUT2D eigenvalue weighted by Crippen LogP contribution is -2.03. The Labute approximate surface area is 128 Å². The fraction of sp³-hybridized carbons (Fsp3) is 0.235. The first-order valence-corrected chi connectivity index (χ1v) is 6.79. The lowest BCUT2D eigenvalue weighted by molar-refractivity contribution is 0.0450. The van der Waals surface area contributed by atoms with Crippen LogP contribution in [0.3, 0.4) is 0 Å². The molecule has 0 saturated heterocycles. The molecule has 0 radical (unpaired) electrons. The average Bonchev–Trinajstić information content (AvgIpc) is 2.91. The van der Waals surface area contributed by atoms with Gasteiger partial charge in [-0.2, -0.15) is 0 Å². The summed E-state index contributed by atoms with van der Waals surface area (Å²) in [4.78, 5) is 12.2. The molecular weight excluding hydrogens is 284 g/mol. The second kappa shape index (κ2) is 5.60. The van der Waals surface area contributed by atoms with Crippen molar-refractivity contribution < 1.29 is 23.7 Å². The van der Waals surface area contributed by atoms with Gasteiger partial charge in [-0.1, -0.05) is 12.1 Å². The first-order chi connectivity index (χ1) is 10.7. The summed E-state index contributed by atoms with van der Waals surface area (Å²) in [6.45, 7) is 0. The third-order valence-corrected chi connectivity index (χ3v) is 3.71. The first kappa shape index (κ1) is 14.3. The van der Waals surface area contributed by atoms with Gasteiger partial charge >= 0.3 is 5.97 Å². The van der Waals surface area contributed by atoms with E-state index in [-0.39, 0.29) is 0 Å². The van der Waals surface area contributed by atoms with Gasteiger partial charge in [0.05, 0.1) is 21.3 Å². The van der Waals surface area contributed by atoms with Crippen LogP contribution in [0, 0.1) is 0 Å². The number of hydrogen-bond donors (Lipinski definition) is 0. The van der Waals surface area contributed by atoms with Crippen LogP contribution in [-0.4, -0.2) is 27.3 Å². The van der Waals surface area contributed by atoms with Gasteiger partial charge in [0, 0.05) is 17.2 Å². The first-order valence-electron chi connectivity index (χ1n) is 6.79. The molecule has 1 atom stereocenters. The Bertz CT molecular complexity index is 723. The van der Waals surface area contributed by atoms with E-state index >= 15 is 0 Å². The summed E-state index contributed by atoms with van der Waals surface area (Å²) in [6.07, 6.45) is -0.515. The number of rotatable bonds is 4. The summed E-state index contributed by atoms with van der Waals surface area (Å²) in [7, 11) is 4.69. The molecule has 1 aliphatic heterocycles. The van der Waals surface area contributed by atoms with Gasteiger partial charge < -0.3 is 18.9 Å². The molecule has 0 fully saturated rings. The molecule has 114 valence electrons. The van der Waals surface area contributed by atoms with Crippen molar-refractivity contribution in [2.45, 2.75) is 6.10 Å². The number of benzene rings is 2. The Hall–Kier alpha value is -2.69. The molecular formula is C17H16O5. The number of esters is 1. The summed E-state index contributed by atoms with van der Waals surface area (Å²) < 4.78 is 21.4. The van der Waals surface area contributed by atoms with Gasteiger partial charge in [0.2, 0.25) is 0 Å². The van der Waals surface area contributed by atoms with Crippen LogP contribution >= 0.6 is 0 Å². The third kappa shape index (κ3) is 2.15. The number of hydrogen-bond acceptors (Lipinski definition) is 5. The maximum Gasteiger partial charge on any atom is 0.343 e. The zero-order chi connectivity index (χ0) is 15.7. The number of carbonyl (C=O) groups excluding carboxylic acids is 1. The highest BCUT2D eigenvalue weighted by Gasteiger charge is 2.36. The normalized spacial score (nSPS) is 16.0. The Morgan fingerprint density at radius 2 is 1.68 bits per heavy atom. The zero-order valence-electron chi connectivity index (χ0n) is 12.6. The third-order valence-electron chi connectivity index (χ3n) is 3.71. The molecule has 1 aliphatic rings. The second-order valence-corrected chi connectivity index (χ2v) is 4.82. The maximum atomic E-state index is 12.2. The molecule has 22 heavy (non-hydrogen) atoms. The highest BCUT2D eigenvalue weighted by atomic mass is 16.6. The summed E-state index contributed by atoms with van der Waals surface area (Å²) in [5, 5.41) is 0. The molecule has 1 heterocycles. The van der Waals surface area contributed by atoms with Crippen LogP contribution in [0.1, 0.15) is 27.6 Å². The van der Waals surface area contributed by atoms with Gasteiger partial charge in [0.1, 0.15) is 22.8 Å². The number of methoxy groups -OCH3 is 3. The molecule has 0 N–H and O–H groups in total. The van der Waals surface area contributed by atoms with Crippen LogP contribution in [0.5, 0.6) is 17.2 Å². The van der Waals surface area contributed by atoms with E-state index < -0.39 is 12.1 Å². The van der Waals surface area contributed by atoms with Crippen molar-refractivity contribution >= 4 is 5.97 Å². The second-order valence-electron chi connectivity index (χ2n) is 4.82. The topological polar surface area (TPSA) is 54.0 Å². The van der Waals surface area contributed by atoms with E-state index in [0.717, 1.165) is 11.1 Å². The Balaban J connectivity index is 2.11. The minimum atomic E-state index is -0.515. The number of cyclic esters (lactones) is 1. The monoisotopic (exact) mass is 300 g/mol. The van der Waals surface area contributed by atoms with Crippen molar-refractivity contribution in [3.63, 3.8) is 0 Å². The van der Waals surface area contributed by atoms with Crippen LogP contribution in [-0.2, 0) is 4.74 Å². The number of fused-ring (bicyclic) bond motifs is 1. The van der Waals surface area contributed by atoms with Crippen LogP contribution in [0.15, 0.2) is 36.4 Å². The van der Waals surface area contributed by atoms with Crippen molar-refractivity contribution in [3.8, 4) is 17.2 Å². The van der Waals surface area contributed by atoms with E-state index in [4.69, 9.17) is 18.9 Å². The van der Waals surface area contributed by atoms with E-state index in [0.29, 0.717) is 22.8 Å². The average molecular weight is 300 g/mol. The zero-order valence-corrected chi connectivity index (χ0v) is 12.6. The van der Waals surface area contributed by atoms with Crippen LogP contribution in [0.2, 0.25) is 0 Å². The summed E-state index contributed by atoms with van der Waals surface area (Å²) >= 11 is 0. The highest BCUT2D eigenvalue weighted by molar-refractivity contribution is 5.97. The molecule has 0 spiro atoms. The standard InChI is InChI=1S/C17H16O5/c1-19-10-7-8-11(14(9-10)21-3)16-12-5-4-6-13(20-2)15(12)17(18)22-16/h4-9,16H,1-3H3. The lowest BCUT2D eigenvalue weighted by atomic mass is 9.98. The largest absolute Gasteiger partial charge is 0.497 e. The molecule has 0 bridgehead atoms. The van der Waals surface area contributed by atoms with E-state index in [1.54, 1.807) is 26.4 Å². The quantitative estimate of drug-likeness (QED) is 0.813. The van der Waals surface area contributed by atoms with Crippen molar-refractivity contribution in [1.29, 1.82) is 0 Å². The predicted molar refractivity (Wildman–Crippen MR) is 79.8 cm³/mol. The summed E-state index contributed by atoms with van der Waals surface area (Å²) in [6, 6.07) is 10.9. The summed E-state index contributed by atoms with van der Waals surface area (Å²) in [5.74, 6) is 1.40. The van der Waals surface area contributed by atoms with Crippen molar-refractivity contribution in [1.82, 2.24) is 0 Å². The molecule has 0 aliphatic carbocycles. The lowest BCUT2D eigenvalue weighted by Gasteiger charge is -2.16.